The molecule has 1 aliphatic carbocycles. The zero-order valence-electron chi connectivity index (χ0n) is 9.00. The smallest absolute Gasteiger partial charge is 0.153 e. The summed E-state index contributed by atoms with van der Waals surface area (Å²) in [7, 11) is 0. The molecular weight excluding hydrogens is 188 g/mol. The number of H-pyrrole nitrogens is 1. The molecule has 1 unspecified atom stereocenters. The molecule has 3 rings (SSSR count). The standard InChI is InChI=1S/C11H18N4/c1-2-6-12-9(3-1)7-10-13-11(15-14-10)8-4-5-8/h8-9,12H,1-7H2,(H,13,14,15). The molecule has 2 aliphatic rings. The number of aromatic amines is 1. The highest BCUT2D eigenvalue weighted by molar-refractivity contribution is 5.05. The van der Waals surface area contributed by atoms with Crippen molar-refractivity contribution in [1.29, 1.82) is 0 Å². The highest BCUT2D eigenvalue weighted by atomic mass is 15.2. The van der Waals surface area contributed by atoms with Crippen LogP contribution < -0.4 is 5.32 Å². The molecule has 0 spiro atoms. The van der Waals surface area contributed by atoms with Gasteiger partial charge in [0, 0.05) is 18.4 Å². The highest BCUT2D eigenvalue weighted by Gasteiger charge is 2.28. The molecule has 15 heavy (non-hydrogen) atoms. The van der Waals surface area contributed by atoms with Crippen LogP contribution in [0.5, 0.6) is 0 Å². The van der Waals surface area contributed by atoms with Crippen molar-refractivity contribution in [3.05, 3.63) is 11.6 Å². The normalized spacial score (nSPS) is 26.8. The number of aromatic nitrogens is 3. The number of hydrogen-bond donors (Lipinski definition) is 2. The van der Waals surface area contributed by atoms with Crippen LogP contribution in [0.15, 0.2) is 0 Å². The van der Waals surface area contributed by atoms with E-state index in [2.05, 4.69) is 20.5 Å². The monoisotopic (exact) mass is 206 g/mol. The van der Waals surface area contributed by atoms with E-state index in [0.29, 0.717) is 12.0 Å². The molecule has 0 aromatic carbocycles. The van der Waals surface area contributed by atoms with Gasteiger partial charge in [-0.1, -0.05) is 6.42 Å². The predicted octanol–water partition coefficient (Wildman–Crippen LogP) is 1.37. The van der Waals surface area contributed by atoms with Crippen molar-refractivity contribution in [2.24, 2.45) is 0 Å². The summed E-state index contributed by atoms with van der Waals surface area (Å²) in [5.74, 6) is 2.77. The van der Waals surface area contributed by atoms with E-state index in [9.17, 15) is 0 Å². The second-order valence-corrected chi connectivity index (χ2v) is 4.77. The first kappa shape index (κ1) is 9.33. The van der Waals surface area contributed by atoms with Crippen molar-refractivity contribution < 1.29 is 0 Å². The third-order valence-electron chi connectivity index (χ3n) is 3.34. The van der Waals surface area contributed by atoms with E-state index < -0.39 is 0 Å². The molecule has 2 fully saturated rings. The minimum absolute atomic E-state index is 0.610. The Kier molecular flexibility index (Phi) is 2.44. The van der Waals surface area contributed by atoms with Crippen LogP contribution in [-0.4, -0.2) is 27.8 Å². The Labute approximate surface area is 89.9 Å². The van der Waals surface area contributed by atoms with Gasteiger partial charge in [0.2, 0.25) is 0 Å². The maximum absolute atomic E-state index is 4.56. The van der Waals surface area contributed by atoms with E-state index in [0.717, 1.165) is 24.6 Å². The Bertz CT molecular complexity index is 323. The first-order valence-corrected chi connectivity index (χ1v) is 6.06. The number of rotatable bonds is 3. The Balaban J connectivity index is 1.60. The fraction of sp³-hybridized carbons (Fsp3) is 0.818. The lowest BCUT2D eigenvalue weighted by molar-refractivity contribution is 0.394. The van der Waals surface area contributed by atoms with Crippen molar-refractivity contribution in [1.82, 2.24) is 20.5 Å². The number of piperidine rings is 1. The Hall–Kier alpha value is -0.900. The lowest BCUT2D eigenvalue weighted by Gasteiger charge is -2.22. The molecule has 0 amide bonds. The maximum atomic E-state index is 4.56. The molecule has 4 nitrogen and oxygen atoms in total. The van der Waals surface area contributed by atoms with Crippen LogP contribution >= 0.6 is 0 Å². The lowest BCUT2D eigenvalue weighted by Crippen LogP contribution is -2.35. The van der Waals surface area contributed by atoms with Gasteiger partial charge in [0.05, 0.1) is 0 Å². The van der Waals surface area contributed by atoms with Gasteiger partial charge in [0.15, 0.2) is 5.82 Å². The fourth-order valence-electron chi connectivity index (χ4n) is 2.26. The van der Waals surface area contributed by atoms with E-state index >= 15 is 0 Å². The predicted molar refractivity (Wildman–Crippen MR) is 57.7 cm³/mol. The quantitative estimate of drug-likeness (QED) is 0.785. The summed E-state index contributed by atoms with van der Waals surface area (Å²) in [5, 5.41) is 10.9. The molecule has 1 aliphatic heterocycles. The summed E-state index contributed by atoms with van der Waals surface area (Å²) in [4.78, 5) is 4.56. The van der Waals surface area contributed by atoms with Gasteiger partial charge in [-0.05, 0) is 32.2 Å². The summed E-state index contributed by atoms with van der Waals surface area (Å²) in [6.07, 6.45) is 7.51. The van der Waals surface area contributed by atoms with Gasteiger partial charge in [-0.2, -0.15) is 5.10 Å². The molecule has 0 radical (unpaired) electrons. The van der Waals surface area contributed by atoms with Crippen LogP contribution in [0.2, 0.25) is 0 Å². The largest absolute Gasteiger partial charge is 0.314 e. The molecule has 1 aromatic heterocycles. The van der Waals surface area contributed by atoms with Gasteiger partial charge < -0.3 is 5.32 Å². The third kappa shape index (κ3) is 2.20. The number of hydrogen-bond acceptors (Lipinski definition) is 3. The topological polar surface area (TPSA) is 53.6 Å². The van der Waals surface area contributed by atoms with Gasteiger partial charge in [0.25, 0.3) is 0 Å². The van der Waals surface area contributed by atoms with E-state index in [-0.39, 0.29) is 0 Å². The minimum Gasteiger partial charge on any atom is -0.314 e. The Morgan fingerprint density at radius 1 is 1.20 bits per heavy atom. The first-order chi connectivity index (χ1) is 7.42. The molecule has 2 heterocycles. The summed E-state index contributed by atoms with van der Waals surface area (Å²) < 4.78 is 0. The van der Waals surface area contributed by atoms with Gasteiger partial charge in [0.1, 0.15) is 5.82 Å². The zero-order valence-corrected chi connectivity index (χ0v) is 9.00. The maximum Gasteiger partial charge on any atom is 0.153 e. The van der Waals surface area contributed by atoms with Crippen LogP contribution in [0.25, 0.3) is 0 Å². The molecule has 0 bridgehead atoms. The van der Waals surface area contributed by atoms with E-state index in [1.807, 2.05) is 0 Å². The zero-order chi connectivity index (χ0) is 10.1. The molecular formula is C11H18N4. The van der Waals surface area contributed by atoms with Crippen LogP contribution in [-0.2, 0) is 6.42 Å². The van der Waals surface area contributed by atoms with Gasteiger partial charge in [-0.25, -0.2) is 4.98 Å². The molecule has 2 N–H and O–H groups in total. The van der Waals surface area contributed by atoms with Crippen molar-refractivity contribution in [3.8, 4) is 0 Å². The average molecular weight is 206 g/mol. The van der Waals surface area contributed by atoms with Crippen LogP contribution in [0.1, 0.15) is 49.7 Å². The van der Waals surface area contributed by atoms with Crippen LogP contribution in [0.4, 0.5) is 0 Å². The summed E-state index contributed by atoms with van der Waals surface area (Å²) >= 11 is 0. The van der Waals surface area contributed by atoms with Crippen LogP contribution in [0, 0.1) is 0 Å². The third-order valence-corrected chi connectivity index (χ3v) is 3.34. The van der Waals surface area contributed by atoms with E-state index in [4.69, 9.17) is 0 Å². The van der Waals surface area contributed by atoms with Crippen LogP contribution in [0.3, 0.4) is 0 Å². The Morgan fingerprint density at radius 3 is 2.87 bits per heavy atom. The number of nitrogens with zero attached hydrogens (tertiary/aromatic N) is 2. The molecule has 1 atom stereocenters. The van der Waals surface area contributed by atoms with Gasteiger partial charge >= 0.3 is 0 Å². The van der Waals surface area contributed by atoms with E-state index in [1.165, 1.54) is 32.1 Å². The summed E-state index contributed by atoms with van der Waals surface area (Å²) in [5.41, 5.74) is 0. The fourth-order valence-corrected chi connectivity index (χ4v) is 2.26. The molecule has 1 saturated heterocycles. The highest BCUT2D eigenvalue weighted by Crippen LogP contribution is 2.37. The first-order valence-electron chi connectivity index (χ1n) is 6.06. The number of nitrogens with one attached hydrogen (secondary N) is 2. The minimum atomic E-state index is 0.610. The summed E-state index contributed by atoms with van der Waals surface area (Å²) in [6, 6.07) is 0.610. The van der Waals surface area contributed by atoms with Crippen molar-refractivity contribution >= 4 is 0 Å². The average Bonchev–Trinajstić information content (AvgIpc) is 3.02. The van der Waals surface area contributed by atoms with Crippen molar-refractivity contribution in [2.45, 2.75) is 50.5 Å². The van der Waals surface area contributed by atoms with Crippen molar-refractivity contribution in [3.63, 3.8) is 0 Å². The molecule has 82 valence electrons. The van der Waals surface area contributed by atoms with Gasteiger partial charge in [-0.15, -0.1) is 0 Å². The Morgan fingerprint density at radius 2 is 2.13 bits per heavy atom. The SMILES string of the molecule is C1CCC(Cc2nc(C3CC3)n[nH]2)NC1. The van der Waals surface area contributed by atoms with Gasteiger partial charge in [-0.3, -0.25) is 5.10 Å². The lowest BCUT2D eigenvalue weighted by atomic mass is 10.0. The summed E-state index contributed by atoms with van der Waals surface area (Å²) in [6.45, 7) is 1.16. The molecule has 1 saturated carbocycles. The second-order valence-electron chi connectivity index (χ2n) is 4.77. The van der Waals surface area contributed by atoms with Crippen molar-refractivity contribution in [2.75, 3.05) is 6.54 Å². The molecule has 1 aromatic rings. The van der Waals surface area contributed by atoms with E-state index in [1.54, 1.807) is 0 Å². The molecule has 4 heteroatoms. The second kappa shape index (κ2) is 3.93.